The van der Waals surface area contributed by atoms with Crippen LogP contribution >= 0.6 is 0 Å². The number of hydrogen-bond acceptors (Lipinski definition) is 3. The van der Waals surface area contributed by atoms with Crippen molar-refractivity contribution in [2.24, 2.45) is 0 Å². The van der Waals surface area contributed by atoms with E-state index >= 15 is 0 Å². The molecule has 0 unspecified atom stereocenters. The fourth-order valence-corrected chi connectivity index (χ4v) is 5.27. The topological polar surface area (TPSA) is 29.0 Å². The van der Waals surface area contributed by atoms with Gasteiger partial charge in [0.1, 0.15) is 5.82 Å². The molecule has 202 valence electrons. The van der Waals surface area contributed by atoms with E-state index in [1.807, 2.05) is 54.6 Å². The van der Waals surface area contributed by atoms with Gasteiger partial charge in [-0.2, -0.15) is 36.4 Å². The number of anilines is 3. The molecule has 4 aromatic carbocycles. The summed E-state index contributed by atoms with van der Waals surface area (Å²) in [6.07, 6.45) is 1.80. The van der Waals surface area contributed by atoms with Crippen molar-refractivity contribution in [3.8, 4) is 33.6 Å². The summed E-state index contributed by atoms with van der Waals surface area (Å²) in [6.45, 7) is 6.47. The van der Waals surface area contributed by atoms with Crippen molar-refractivity contribution in [1.29, 1.82) is 0 Å². The van der Waals surface area contributed by atoms with E-state index < -0.39 is 0 Å². The zero-order chi connectivity index (χ0) is 27.5. The predicted molar refractivity (Wildman–Crippen MR) is 165 cm³/mol. The summed E-state index contributed by atoms with van der Waals surface area (Å²) in [6, 6.07) is 46.5. The Morgan fingerprint density at radius 3 is 2.07 bits per heavy atom. The van der Waals surface area contributed by atoms with Gasteiger partial charge in [-0.3, -0.25) is 4.98 Å². The van der Waals surface area contributed by atoms with Crippen LogP contribution in [0.1, 0.15) is 16.7 Å². The summed E-state index contributed by atoms with van der Waals surface area (Å²) in [5.74, 6) is 0.808. The molecular formula is C37H29N3Pt. The predicted octanol–water partition coefficient (Wildman–Crippen LogP) is 9.47. The summed E-state index contributed by atoms with van der Waals surface area (Å²) in [7, 11) is 0. The van der Waals surface area contributed by atoms with Crippen molar-refractivity contribution in [1.82, 2.24) is 9.97 Å². The molecular weight excluding hydrogens is 682 g/mol. The zero-order valence-electron chi connectivity index (χ0n) is 23.2. The third-order valence-electron chi connectivity index (χ3n) is 6.95. The molecule has 41 heavy (non-hydrogen) atoms. The van der Waals surface area contributed by atoms with Crippen molar-refractivity contribution in [2.75, 3.05) is 4.90 Å². The molecule has 4 heteroatoms. The number of pyridine rings is 2. The summed E-state index contributed by atoms with van der Waals surface area (Å²) in [5, 5.41) is 0. The fourth-order valence-electron chi connectivity index (χ4n) is 5.27. The van der Waals surface area contributed by atoms with Gasteiger partial charge < -0.3 is 4.90 Å². The van der Waals surface area contributed by atoms with Crippen LogP contribution in [-0.2, 0) is 21.1 Å². The van der Waals surface area contributed by atoms with Crippen LogP contribution in [0, 0.1) is 32.9 Å². The van der Waals surface area contributed by atoms with Crippen LogP contribution in [0.2, 0.25) is 0 Å². The summed E-state index contributed by atoms with van der Waals surface area (Å²) in [5.41, 5.74) is 11.5. The molecule has 0 saturated heterocycles. The number of aryl methyl sites for hydroxylation is 3. The number of benzene rings is 4. The number of nitrogens with zero attached hydrogens (tertiary/aromatic N) is 3. The molecule has 2 heterocycles. The van der Waals surface area contributed by atoms with E-state index in [0.717, 1.165) is 50.8 Å². The van der Waals surface area contributed by atoms with Crippen LogP contribution in [-0.4, -0.2) is 9.97 Å². The van der Waals surface area contributed by atoms with Gasteiger partial charge in [-0.1, -0.05) is 60.2 Å². The molecule has 0 amide bonds. The van der Waals surface area contributed by atoms with Gasteiger partial charge >= 0.3 is 21.1 Å². The Bertz CT molecular complexity index is 1690. The average molecular weight is 711 g/mol. The molecule has 0 aliphatic carbocycles. The smallest absolute Gasteiger partial charge is 0.313 e. The molecule has 0 saturated carbocycles. The Labute approximate surface area is 256 Å². The second-order valence-corrected chi connectivity index (χ2v) is 9.99. The van der Waals surface area contributed by atoms with Crippen molar-refractivity contribution in [2.45, 2.75) is 20.8 Å². The van der Waals surface area contributed by atoms with Gasteiger partial charge in [-0.05, 0) is 67.4 Å². The molecule has 0 spiro atoms. The van der Waals surface area contributed by atoms with Gasteiger partial charge in [0.2, 0.25) is 0 Å². The molecule has 2 aromatic heterocycles. The maximum Gasteiger partial charge on any atom is 2.00 e. The molecule has 6 rings (SSSR count). The van der Waals surface area contributed by atoms with Gasteiger partial charge in [0.15, 0.2) is 0 Å². The Kier molecular flexibility index (Phi) is 8.57. The minimum Gasteiger partial charge on any atom is -0.313 e. The summed E-state index contributed by atoms with van der Waals surface area (Å²) in [4.78, 5) is 11.9. The maximum absolute atomic E-state index is 5.14. The van der Waals surface area contributed by atoms with Gasteiger partial charge in [0.25, 0.3) is 0 Å². The van der Waals surface area contributed by atoms with Crippen LogP contribution in [0.3, 0.4) is 0 Å². The molecule has 0 radical (unpaired) electrons. The third kappa shape index (κ3) is 6.06. The van der Waals surface area contributed by atoms with E-state index in [4.69, 9.17) is 4.98 Å². The second-order valence-electron chi connectivity index (χ2n) is 9.99. The van der Waals surface area contributed by atoms with Gasteiger partial charge in [0.05, 0.1) is 17.1 Å². The van der Waals surface area contributed by atoms with Gasteiger partial charge in [-0.15, -0.1) is 17.7 Å². The van der Waals surface area contributed by atoms with Crippen molar-refractivity contribution in [3.05, 3.63) is 150 Å². The number of rotatable bonds is 6. The molecule has 6 aromatic rings. The first kappa shape index (κ1) is 28.2. The van der Waals surface area contributed by atoms with Crippen LogP contribution in [0.4, 0.5) is 17.2 Å². The standard InChI is InChI=1S/C37H29N3.Pt/c1-26-21-27(2)37(28(3)22-26)40(36-19-12-18-35(39-36)34-17-10-11-20-38-34)33-24-31(29-13-6-4-7-14-29)23-32(25-33)30-15-8-5-9-16-30;/h4-15,17-24H,1-3H3;/q-2;+2. The van der Waals surface area contributed by atoms with Gasteiger partial charge in [-0.25, -0.2) is 16.1 Å². The Balaban J connectivity index is 0.00000337. The normalized spacial score (nSPS) is 10.6. The quantitative estimate of drug-likeness (QED) is 0.161. The maximum atomic E-state index is 5.14. The van der Waals surface area contributed by atoms with Crippen molar-refractivity contribution in [3.63, 3.8) is 0 Å². The fraction of sp³-hybridized carbons (Fsp3) is 0.0811. The number of hydrogen-bond donors (Lipinski definition) is 0. The Morgan fingerprint density at radius 1 is 0.634 bits per heavy atom. The van der Waals surface area contributed by atoms with Crippen LogP contribution in [0.5, 0.6) is 0 Å². The largest absolute Gasteiger partial charge is 2.00 e. The molecule has 3 nitrogen and oxygen atoms in total. The first-order valence-corrected chi connectivity index (χ1v) is 13.4. The molecule has 0 N–H and O–H groups in total. The van der Waals surface area contributed by atoms with E-state index in [0.29, 0.717) is 0 Å². The van der Waals surface area contributed by atoms with Crippen LogP contribution in [0.25, 0.3) is 33.6 Å². The van der Waals surface area contributed by atoms with E-state index in [9.17, 15) is 0 Å². The van der Waals surface area contributed by atoms with E-state index in [-0.39, 0.29) is 21.1 Å². The summed E-state index contributed by atoms with van der Waals surface area (Å²) >= 11 is 0. The first-order valence-electron chi connectivity index (χ1n) is 13.4. The van der Waals surface area contributed by atoms with Crippen molar-refractivity contribution >= 4 is 17.2 Å². The molecule has 0 aliphatic heterocycles. The molecule has 0 fully saturated rings. The third-order valence-corrected chi connectivity index (χ3v) is 6.95. The average Bonchev–Trinajstić information content (AvgIpc) is 3.00. The van der Waals surface area contributed by atoms with Crippen LogP contribution in [0.15, 0.2) is 121 Å². The molecule has 0 atom stereocenters. The van der Waals surface area contributed by atoms with Crippen molar-refractivity contribution < 1.29 is 21.1 Å². The van der Waals surface area contributed by atoms with Crippen LogP contribution < -0.4 is 4.90 Å². The Morgan fingerprint density at radius 2 is 1.37 bits per heavy atom. The van der Waals surface area contributed by atoms with E-state index in [2.05, 4.69) is 103 Å². The minimum absolute atomic E-state index is 0. The SMILES string of the molecule is Cc1cc(C)c(N(c2[c-]c(-c3[c-]cccc3)cc(-c3ccccc3)c2)c2cccc(-c3ccccn3)n2)c(C)c1.[Pt+2]. The van der Waals surface area contributed by atoms with Gasteiger partial charge in [0, 0.05) is 6.20 Å². The zero-order valence-corrected chi connectivity index (χ0v) is 25.5. The number of aromatic nitrogens is 2. The van der Waals surface area contributed by atoms with E-state index in [1.54, 1.807) is 6.20 Å². The Hall–Kier alpha value is -4.33. The summed E-state index contributed by atoms with van der Waals surface area (Å²) < 4.78 is 0. The van der Waals surface area contributed by atoms with E-state index in [1.165, 1.54) is 16.7 Å². The minimum atomic E-state index is 0. The molecule has 0 aliphatic rings. The molecule has 0 bridgehead atoms. The first-order chi connectivity index (χ1) is 19.6. The monoisotopic (exact) mass is 710 g/mol. The second kappa shape index (κ2) is 12.5.